The van der Waals surface area contributed by atoms with E-state index in [-0.39, 0.29) is 0 Å². The Bertz CT molecular complexity index is 371. The van der Waals surface area contributed by atoms with Crippen LogP contribution in [0.2, 0.25) is 0 Å². The van der Waals surface area contributed by atoms with Gasteiger partial charge in [0.05, 0.1) is 0 Å². The molecule has 2 heteroatoms. The Kier molecular flexibility index (Phi) is 4.28. The molecule has 0 amide bonds. The molecule has 0 bridgehead atoms. The van der Waals surface area contributed by atoms with Gasteiger partial charge in [-0.15, -0.1) is 0 Å². The van der Waals surface area contributed by atoms with Gasteiger partial charge < -0.3 is 5.73 Å². The van der Waals surface area contributed by atoms with Gasteiger partial charge in [-0.1, -0.05) is 26.0 Å². The molecule has 1 aliphatic heterocycles. The van der Waals surface area contributed by atoms with Gasteiger partial charge in [-0.05, 0) is 49.3 Å². The van der Waals surface area contributed by atoms with E-state index < -0.39 is 0 Å². The second-order valence-electron chi connectivity index (χ2n) is 6.05. The number of anilines is 1. The van der Waals surface area contributed by atoms with Gasteiger partial charge in [-0.25, -0.2) is 0 Å². The summed E-state index contributed by atoms with van der Waals surface area (Å²) in [7, 11) is 0. The molecule has 2 rings (SSSR count). The summed E-state index contributed by atoms with van der Waals surface area (Å²) >= 11 is 0. The van der Waals surface area contributed by atoms with Gasteiger partial charge in [-0.2, -0.15) is 0 Å². The van der Waals surface area contributed by atoms with Crippen LogP contribution in [0.4, 0.5) is 5.69 Å². The van der Waals surface area contributed by atoms with E-state index in [1.54, 1.807) is 0 Å². The number of rotatable bonds is 3. The molecule has 100 valence electrons. The van der Waals surface area contributed by atoms with E-state index in [2.05, 4.69) is 37.8 Å². The molecule has 1 heterocycles. The van der Waals surface area contributed by atoms with Crippen molar-refractivity contribution in [2.45, 2.75) is 39.7 Å². The van der Waals surface area contributed by atoms with Crippen LogP contribution < -0.4 is 5.73 Å². The van der Waals surface area contributed by atoms with Crippen LogP contribution in [0.1, 0.15) is 32.8 Å². The number of piperidine rings is 1. The number of hydrogen-bond acceptors (Lipinski definition) is 2. The summed E-state index contributed by atoms with van der Waals surface area (Å²) in [6, 6.07) is 9.02. The molecule has 2 N–H and O–H groups in total. The predicted molar refractivity (Wildman–Crippen MR) is 78.5 cm³/mol. The monoisotopic (exact) mass is 246 g/mol. The Morgan fingerprint density at radius 1 is 1.17 bits per heavy atom. The molecule has 1 saturated heterocycles. The van der Waals surface area contributed by atoms with Crippen LogP contribution in [0.5, 0.6) is 0 Å². The maximum atomic E-state index is 5.71. The zero-order valence-electron chi connectivity index (χ0n) is 11.9. The number of benzene rings is 1. The number of likely N-dealkylation sites (tertiary alicyclic amines) is 1. The van der Waals surface area contributed by atoms with E-state index in [9.17, 15) is 0 Å². The van der Waals surface area contributed by atoms with Crippen LogP contribution in [-0.2, 0) is 6.42 Å². The van der Waals surface area contributed by atoms with Crippen LogP contribution in [0.25, 0.3) is 0 Å². The van der Waals surface area contributed by atoms with Gasteiger partial charge in [0.2, 0.25) is 0 Å². The van der Waals surface area contributed by atoms with Gasteiger partial charge >= 0.3 is 0 Å². The minimum Gasteiger partial charge on any atom is -0.399 e. The highest BCUT2D eigenvalue weighted by Crippen LogP contribution is 2.26. The predicted octanol–water partition coefficient (Wildman–Crippen LogP) is 3.18. The SMILES string of the molecule is CC1CC(C)C(C)N(CCc2ccc(N)cc2)C1. The third-order valence-electron chi connectivity index (χ3n) is 4.39. The van der Waals surface area contributed by atoms with E-state index >= 15 is 0 Å². The highest BCUT2D eigenvalue weighted by atomic mass is 15.2. The molecule has 2 nitrogen and oxygen atoms in total. The van der Waals surface area contributed by atoms with Crippen LogP contribution >= 0.6 is 0 Å². The highest BCUT2D eigenvalue weighted by Gasteiger charge is 2.28. The second kappa shape index (κ2) is 5.75. The van der Waals surface area contributed by atoms with Gasteiger partial charge in [-0.3, -0.25) is 4.90 Å². The second-order valence-corrected chi connectivity index (χ2v) is 6.05. The highest BCUT2D eigenvalue weighted by molar-refractivity contribution is 5.39. The molecule has 1 fully saturated rings. The first kappa shape index (κ1) is 13.4. The smallest absolute Gasteiger partial charge is 0.0314 e. The van der Waals surface area contributed by atoms with Crippen molar-refractivity contribution in [3.63, 3.8) is 0 Å². The van der Waals surface area contributed by atoms with Crippen molar-refractivity contribution in [3.8, 4) is 0 Å². The zero-order valence-corrected chi connectivity index (χ0v) is 11.9. The number of nitrogens with zero attached hydrogens (tertiary/aromatic N) is 1. The molecule has 0 saturated carbocycles. The van der Waals surface area contributed by atoms with Crippen molar-refractivity contribution >= 4 is 5.69 Å². The maximum absolute atomic E-state index is 5.71. The molecule has 1 aliphatic rings. The summed E-state index contributed by atoms with van der Waals surface area (Å²) in [5.41, 5.74) is 7.96. The summed E-state index contributed by atoms with van der Waals surface area (Å²) in [6.07, 6.45) is 2.50. The third kappa shape index (κ3) is 3.26. The molecule has 0 spiro atoms. The fourth-order valence-corrected chi connectivity index (χ4v) is 3.08. The zero-order chi connectivity index (χ0) is 13.1. The molecule has 18 heavy (non-hydrogen) atoms. The molecule has 1 aromatic carbocycles. The molecule has 0 radical (unpaired) electrons. The lowest BCUT2D eigenvalue weighted by molar-refractivity contribution is 0.0810. The summed E-state index contributed by atoms with van der Waals surface area (Å²) in [4.78, 5) is 2.65. The van der Waals surface area contributed by atoms with E-state index in [1.165, 1.54) is 25.1 Å². The molecule has 3 atom stereocenters. The topological polar surface area (TPSA) is 29.3 Å². The summed E-state index contributed by atoms with van der Waals surface area (Å²) in [6.45, 7) is 9.55. The minimum atomic E-state index is 0.718. The fourth-order valence-electron chi connectivity index (χ4n) is 3.08. The Hall–Kier alpha value is -1.02. The van der Waals surface area contributed by atoms with Crippen LogP contribution in [-0.4, -0.2) is 24.0 Å². The van der Waals surface area contributed by atoms with Crippen LogP contribution in [0, 0.1) is 11.8 Å². The number of nitrogen functional groups attached to an aromatic ring is 1. The Morgan fingerprint density at radius 2 is 1.83 bits per heavy atom. The van der Waals surface area contributed by atoms with Crippen molar-refractivity contribution in [1.82, 2.24) is 4.90 Å². The normalized spacial score (nSPS) is 29.4. The quantitative estimate of drug-likeness (QED) is 0.830. The summed E-state index contributed by atoms with van der Waals surface area (Å²) < 4.78 is 0. The molecular weight excluding hydrogens is 220 g/mol. The van der Waals surface area contributed by atoms with Gasteiger partial charge in [0.15, 0.2) is 0 Å². The van der Waals surface area contributed by atoms with Crippen molar-refractivity contribution in [1.29, 1.82) is 0 Å². The van der Waals surface area contributed by atoms with E-state index in [4.69, 9.17) is 5.73 Å². The molecule has 3 unspecified atom stereocenters. The minimum absolute atomic E-state index is 0.718. The summed E-state index contributed by atoms with van der Waals surface area (Å²) in [5, 5.41) is 0. The first-order valence-electron chi connectivity index (χ1n) is 7.14. The largest absolute Gasteiger partial charge is 0.399 e. The average Bonchev–Trinajstić information content (AvgIpc) is 2.34. The van der Waals surface area contributed by atoms with E-state index in [0.29, 0.717) is 0 Å². The molecule has 1 aromatic rings. The first-order valence-corrected chi connectivity index (χ1v) is 7.14. The lowest BCUT2D eigenvalue weighted by Crippen LogP contribution is -2.46. The Morgan fingerprint density at radius 3 is 2.50 bits per heavy atom. The third-order valence-corrected chi connectivity index (χ3v) is 4.39. The van der Waals surface area contributed by atoms with Gasteiger partial charge in [0.1, 0.15) is 0 Å². The van der Waals surface area contributed by atoms with Crippen LogP contribution in [0.3, 0.4) is 0 Å². The van der Waals surface area contributed by atoms with Crippen molar-refractivity contribution in [3.05, 3.63) is 29.8 Å². The Balaban J connectivity index is 1.90. The fraction of sp³-hybridized carbons (Fsp3) is 0.625. The van der Waals surface area contributed by atoms with Gasteiger partial charge in [0, 0.05) is 24.8 Å². The van der Waals surface area contributed by atoms with E-state index in [1.807, 2.05) is 12.1 Å². The van der Waals surface area contributed by atoms with Gasteiger partial charge in [0.25, 0.3) is 0 Å². The van der Waals surface area contributed by atoms with Crippen molar-refractivity contribution in [2.75, 3.05) is 18.8 Å². The standard InChI is InChI=1S/C16H26N2/c1-12-10-13(2)14(3)18(11-12)9-8-15-4-6-16(17)7-5-15/h4-7,12-14H,8-11,17H2,1-3H3. The lowest BCUT2D eigenvalue weighted by atomic mass is 9.86. The molecule has 0 aromatic heterocycles. The van der Waals surface area contributed by atoms with Crippen molar-refractivity contribution < 1.29 is 0 Å². The van der Waals surface area contributed by atoms with Crippen LogP contribution in [0.15, 0.2) is 24.3 Å². The number of nitrogens with two attached hydrogens (primary N) is 1. The lowest BCUT2D eigenvalue weighted by Gasteiger charge is -2.41. The van der Waals surface area contributed by atoms with E-state index in [0.717, 1.165) is 30.0 Å². The molecular formula is C16H26N2. The average molecular weight is 246 g/mol. The Labute approximate surface area is 111 Å². The van der Waals surface area contributed by atoms with Crippen molar-refractivity contribution in [2.24, 2.45) is 11.8 Å². The molecule has 0 aliphatic carbocycles. The maximum Gasteiger partial charge on any atom is 0.0314 e. The number of hydrogen-bond donors (Lipinski definition) is 1. The summed E-state index contributed by atoms with van der Waals surface area (Å²) in [5.74, 6) is 1.66. The first-order chi connectivity index (χ1) is 8.56.